The zero-order valence-electron chi connectivity index (χ0n) is 23.9. The molecule has 6 rings (SSSR count). The second-order valence-electron chi connectivity index (χ2n) is 14.1. The van der Waals surface area contributed by atoms with Gasteiger partial charge in [-0.2, -0.15) is 5.10 Å². The molecule has 6 nitrogen and oxygen atoms in total. The van der Waals surface area contributed by atoms with Gasteiger partial charge >= 0.3 is 0 Å². The van der Waals surface area contributed by atoms with Crippen LogP contribution in [0.15, 0.2) is 35.6 Å². The number of H-pyrrole nitrogens is 1. The molecule has 39 heavy (non-hydrogen) atoms. The highest BCUT2D eigenvalue weighted by Crippen LogP contribution is 2.68. The Morgan fingerprint density at radius 2 is 1.87 bits per heavy atom. The number of hydrazone groups is 1. The molecular formula is C33H47N3O3. The summed E-state index contributed by atoms with van der Waals surface area (Å²) in [6, 6.07) is 8.07. The average molecular weight is 534 g/mol. The van der Waals surface area contributed by atoms with Gasteiger partial charge in [-0.3, -0.25) is 4.79 Å². The largest absolute Gasteiger partial charge is 0.393 e. The van der Waals surface area contributed by atoms with Crippen LogP contribution in [0.2, 0.25) is 0 Å². The zero-order chi connectivity index (χ0) is 27.4. The van der Waals surface area contributed by atoms with Gasteiger partial charge in [0.1, 0.15) is 0 Å². The number of nitrogens with one attached hydrogen (secondary N) is 2. The Morgan fingerprint density at radius 1 is 1.10 bits per heavy atom. The molecule has 0 bridgehead atoms. The molecule has 10 atom stereocenters. The van der Waals surface area contributed by atoms with E-state index in [0.717, 1.165) is 48.6 Å². The number of aliphatic hydroxyl groups excluding tert-OH is 2. The Hall–Kier alpha value is -2.18. The maximum absolute atomic E-state index is 12.7. The van der Waals surface area contributed by atoms with Crippen LogP contribution in [0.4, 0.5) is 0 Å². The number of amides is 1. The molecule has 4 N–H and O–H groups in total. The van der Waals surface area contributed by atoms with Crippen molar-refractivity contribution in [1.29, 1.82) is 0 Å². The van der Waals surface area contributed by atoms with Gasteiger partial charge in [-0.25, -0.2) is 5.43 Å². The van der Waals surface area contributed by atoms with Crippen LogP contribution >= 0.6 is 0 Å². The van der Waals surface area contributed by atoms with E-state index in [4.69, 9.17) is 0 Å². The summed E-state index contributed by atoms with van der Waals surface area (Å²) in [5.41, 5.74) is 5.27. The van der Waals surface area contributed by atoms with Crippen molar-refractivity contribution < 1.29 is 15.0 Å². The van der Waals surface area contributed by atoms with Crippen molar-refractivity contribution in [1.82, 2.24) is 10.4 Å². The first-order chi connectivity index (χ1) is 18.7. The van der Waals surface area contributed by atoms with Gasteiger partial charge in [0, 0.05) is 29.1 Å². The van der Waals surface area contributed by atoms with Crippen molar-refractivity contribution in [2.75, 3.05) is 0 Å². The van der Waals surface area contributed by atoms with Crippen LogP contribution in [0.3, 0.4) is 0 Å². The van der Waals surface area contributed by atoms with Crippen LogP contribution in [0.5, 0.6) is 0 Å². The number of aromatic nitrogens is 1. The highest BCUT2D eigenvalue weighted by atomic mass is 16.3. The Morgan fingerprint density at radius 3 is 2.72 bits per heavy atom. The lowest BCUT2D eigenvalue weighted by molar-refractivity contribution is -0.174. The van der Waals surface area contributed by atoms with Crippen LogP contribution in [0, 0.1) is 46.3 Å². The molecule has 0 spiro atoms. The molecule has 4 aliphatic rings. The Labute approximate surface area is 233 Å². The first-order valence-electron chi connectivity index (χ1n) is 15.4. The second kappa shape index (κ2) is 10.3. The minimum Gasteiger partial charge on any atom is -0.393 e. The molecule has 4 fully saturated rings. The molecule has 1 amide bonds. The fraction of sp³-hybridized carbons (Fsp3) is 0.697. The van der Waals surface area contributed by atoms with E-state index in [0.29, 0.717) is 41.9 Å². The van der Waals surface area contributed by atoms with Crippen LogP contribution in [-0.2, 0) is 4.79 Å². The molecule has 0 radical (unpaired) electrons. The van der Waals surface area contributed by atoms with Gasteiger partial charge in [0.15, 0.2) is 0 Å². The van der Waals surface area contributed by atoms with E-state index < -0.39 is 0 Å². The monoisotopic (exact) mass is 533 g/mol. The van der Waals surface area contributed by atoms with Gasteiger partial charge in [-0.15, -0.1) is 0 Å². The van der Waals surface area contributed by atoms with Gasteiger partial charge < -0.3 is 15.2 Å². The highest BCUT2D eigenvalue weighted by Gasteiger charge is 2.62. The molecule has 1 aromatic carbocycles. The van der Waals surface area contributed by atoms with Crippen molar-refractivity contribution in [3.63, 3.8) is 0 Å². The molecule has 0 aliphatic heterocycles. The summed E-state index contributed by atoms with van der Waals surface area (Å²) in [7, 11) is 0. The number of nitrogens with zero attached hydrogens (tertiary/aromatic N) is 1. The molecule has 6 heteroatoms. The number of benzene rings is 1. The predicted molar refractivity (Wildman–Crippen MR) is 155 cm³/mol. The highest BCUT2D eigenvalue weighted by molar-refractivity contribution is 5.99. The molecule has 4 saturated carbocycles. The first-order valence-corrected chi connectivity index (χ1v) is 15.4. The van der Waals surface area contributed by atoms with E-state index in [9.17, 15) is 15.0 Å². The minimum atomic E-state index is -0.238. The van der Waals surface area contributed by atoms with E-state index in [1.165, 1.54) is 25.7 Å². The van der Waals surface area contributed by atoms with Gasteiger partial charge in [0.25, 0.3) is 0 Å². The summed E-state index contributed by atoms with van der Waals surface area (Å²) in [6.45, 7) is 7.31. The lowest BCUT2D eigenvalue weighted by atomic mass is 9.43. The number of hydrogen-bond acceptors (Lipinski definition) is 4. The molecule has 0 unspecified atom stereocenters. The third kappa shape index (κ3) is 4.65. The maximum Gasteiger partial charge on any atom is 0.240 e. The van der Waals surface area contributed by atoms with Crippen LogP contribution < -0.4 is 5.43 Å². The number of carbonyl (C=O) groups excluding carboxylic acids is 1. The third-order valence-corrected chi connectivity index (χ3v) is 12.3. The van der Waals surface area contributed by atoms with Gasteiger partial charge in [-0.05, 0) is 110 Å². The standard InChI is InChI=1S/C33H47N3O3/c1-20(8-11-30(39)36-35-19-21-18-34-28-7-5-4-6-24(21)28)25-9-10-26-31-27(13-15-33(25,26)3)32(2)14-12-23(37)16-22(32)17-29(31)38/h4-7,18-20,22-23,25-27,29,31,34,37-38H,8-17H2,1-3H3,(H,36,39)/b35-19+/t20-,22+,23-,25-,26+,27+,29-,31+,32+,33-/m1/s1. The maximum atomic E-state index is 12.7. The fourth-order valence-electron chi connectivity index (χ4n) is 10.2. The second-order valence-corrected chi connectivity index (χ2v) is 14.1. The number of para-hydroxylation sites is 1. The van der Waals surface area contributed by atoms with Crippen molar-refractivity contribution >= 4 is 23.0 Å². The normalized spacial score (nSPS) is 40.7. The van der Waals surface area contributed by atoms with E-state index >= 15 is 0 Å². The summed E-state index contributed by atoms with van der Waals surface area (Å²) in [5.74, 6) is 3.02. The molecule has 0 saturated heterocycles. The number of aromatic amines is 1. The Balaban J connectivity index is 1.06. The number of carbonyl (C=O) groups is 1. The van der Waals surface area contributed by atoms with E-state index in [2.05, 4.69) is 36.3 Å². The summed E-state index contributed by atoms with van der Waals surface area (Å²) >= 11 is 0. The molecule has 212 valence electrons. The van der Waals surface area contributed by atoms with Gasteiger partial charge in [-0.1, -0.05) is 39.0 Å². The van der Waals surface area contributed by atoms with Crippen LogP contribution in [0.25, 0.3) is 10.9 Å². The predicted octanol–water partition coefficient (Wildman–Crippen LogP) is 6.02. The molecule has 4 aliphatic carbocycles. The van der Waals surface area contributed by atoms with Crippen molar-refractivity contribution in [2.45, 2.75) is 97.2 Å². The summed E-state index contributed by atoms with van der Waals surface area (Å²) < 4.78 is 0. The summed E-state index contributed by atoms with van der Waals surface area (Å²) in [6.07, 6.45) is 13.2. The molecule has 1 heterocycles. The topological polar surface area (TPSA) is 97.7 Å². The average Bonchev–Trinajstić information content (AvgIpc) is 3.49. The number of rotatable bonds is 6. The van der Waals surface area contributed by atoms with E-state index in [1.54, 1.807) is 6.21 Å². The lowest BCUT2D eigenvalue weighted by Gasteiger charge is -2.62. The lowest BCUT2D eigenvalue weighted by Crippen LogP contribution is -2.58. The van der Waals surface area contributed by atoms with Crippen LogP contribution in [0.1, 0.15) is 90.5 Å². The quantitative estimate of drug-likeness (QED) is 0.270. The van der Waals surface area contributed by atoms with Crippen molar-refractivity contribution in [2.24, 2.45) is 51.4 Å². The zero-order valence-corrected chi connectivity index (χ0v) is 23.9. The smallest absolute Gasteiger partial charge is 0.240 e. The third-order valence-electron chi connectivity index (χ3n) is 12.3. The van der Waals surface area contributed by atoms with E-state index in [-0.39, 0.29) is 28.9 Å². The first kappa shape index (κ1) is 27.0. The molecule has 2 aromatic rings. The Kier molecular flexibility index (Phi) is 7.16. The van der Waals surface area contributed by atoms with Crippen LogP contribution in [-0.4, -0.2) is 39.5 Å². The number of hydrogen-bond donors (Lipinski definition) is 4. The van der Waals surface area contributed by atoms with E-state index in [1.807, 2.05) is 30.5 Å². The summed E-state index contributed by atoms with van der Waals surface area (Å²) in [5, 5.41) is 27.1. The number of aliphatic hydroxyl groups is 2. The van der Waals surface area contributed by atoms with Crippen molar-refractivity contribution in [3.8, 4) is 0 Å². The van der Waals surface area contributed by atoms with Crippen molar-refractivity contribution in [3.05, 3.63) is 36.0 Å². The molecule has 1 aromatic heterocycles. The fourth-order valence-corrected chi connectivity index (χ4v) is 10.2. The van der Waals surface area contributed by atoms with Gasteiger partial charge in [0.05, 0.1) is 18.4 Å². The SMILES string of the molecule is C[C@H](CCC(=O)N/N=C/c1c[nH]c2ccccc12)[C@H]1CC[C@H]2[C@@H]3[C@H](O)C[C@@H]4C[C@H](O)CC[C@]4(C)[C@H]3CC[C@]12C. The molecular weight excluding hydrogens is 486 g/mol. The minimum absolute atomic E-state index is 0.0255. The number of fused-ring (bicyclic) bond motifs is 6. The summed E-state index contributed by atoms with van der Waals surface area (Å²) in [4.78, 5) is 15.9. The Bertz CT molecular complexity index is 1220. The van der Waals surface area contributed by atoms with Gasteiger partial charge in [0.2, 0.25) is 5.91 Å².